The van der Waals surface area contributed by atoms with E-state index >= 15 is 0 Å². The lowest BCUT2D eigenvalue weighted by atomic mass is 10.1. The molecule has 5 heteroatoms. The van der Waals surface area contributed by atoms with Gasteiger partial charge in [0.2, 0.25) is 10.0 Å². The van der Waals surface area contributed by atoms with Crippen LogP contribution in [-0.2, 0) is 10.0 Å². The fourth-order valence-electron chi connectivity index (χ4n) is 2.26. The van der Waals surface area contributed by atoms with Crippen molar-refractivity contribution in [3.63, 3.8) is 0 Å². The molecule has 2 fully saturated rings. The van der Waals surface area contributed by atoms with Gasteiger partial charge < -0.3 is 5.32 Å². The Morgan fingerprint density at radius 3 is 2.18 bits per heavy atom. The minimum absolute atomic E-state index is 0.211. The molecule has 0 atom stereocenters. The molecule has 0 heterocycles. The molecular weight excluding hydrogens is 236 g/mol. The van der Waals surface area contributed by atoms with Gasteiger partial charge in [0.05, 0.1) is 5.75 Å². The number of sulfonamides is 1. The summed E-state index contributed by atoms with van der Waals surface area (Å²) in [4.78, 5) is 0. The highest BCUT2D eigenvalue weighted by molar-refractivity contribution is 7.89. The molecule has 0 spiro atoms. The van der Waals surface area contributed by atoms with E-state index in [0.29, 0.717) is 18.4 Å². The van der Waals surface area contributed by atoms with Crippen molar-refractivity contribution in [2.24, 2.45) is 11.8 Å². The summed E-state index contributed by atoms with van der Waals surface area (Å²) in [5, 5.41) is 3.13. The van der Waals surface area contributed by atoms with Crippen LogP contribution in [0.4, 0.5) is 0 Å². The van der Waals surface area contributed by atoms with Crippen LogP contribution >= 0.6 is 0 Å². The van der Waals surface area contributed by atoms with Crippen LogP contribution in [0.2, 0.25) is 0 Å². The van der Waals surface area contributed by atoms with E-state index in [-0.39, 0.29) is 11.8 Å². The third-order valence-electron chi connectivity index (χ3n) is 3.55. The number of nitrogens with one attached hydrogen (secondary N) is 2. The Kier molecular flexibility index (Phi) is 4.44. The fraction of sp³-hybridized carbons (Fsp3) is 1.00. The maximum absolute atomic E-state index is 11.9. The normalized spacial score (nSPS) is 21.1. The van der Waals surface area contributed by atoms with E-state index in [1.54, 1.807) is 0 Å². The van der Waals surface area contributed by atoms with E-state index in [0.717, 1.165) is 13.0 Å². The monoisotopic (exact) mass is 260 g/mol. The molecule has 0 aliphatic heterocycles. The Morgan fingerprint density at radius 1 is 1.12 bits per heavy atom. The van der Waals surface area contributed by atoms with E-state index < -0.39 is 10.0 Å². The summed E-state index contributed by atoms with van der Waals surface area (Å²) in [6.45, 7) is 3.53. The van der Waals surface area contributed by atoms with Crippen molar-refractivity contribution < 1.29 is 8.42 Å². The molecule has 17 heavy (non-hydrogen) atoms. The Morgan fingerprint density at radius 2 is 1.71 bits per heavy atom. The molecule has 0 aromatic heterocycles. The van der Waals surface area contributed by atoms with Gasteiger partial charge in [0.15, 0.2) is 0 Å². The van der Waals surface area contributed by atoms with Crippen LogP contribution in [0.1, 0.15) is 39.0 Å². The van der Waals surface area contributed by atoms with Gasteiger partial charge in [-0.15, -0.1) is 0 Å². The molecular formula is C12H24N2O2S. The lowest BCUT2D eigenvalue weighted by Gasteiger charge is -2.17. The minimum Gasteiger partial charge on any atom is -0.316 e. The lowest BCUT2D eigenvalue weighted by Crippen LogP contribution is -2.41. The van der Waals surface area contributed by atoms with Crippen LogP contribution in [0, 0.1) is 11.8 Å². The van der Waals surface area contributed by atoms with Crippen molar-refractivity contribution >= 4 is 10.0 Å². The average molecular weight is 260 g/mol. The standard InChI is InChI=1S/C12H24N2O2S/c1-2-7-13-8-9-17(15,16)14-12(10-3-4-10)11-5-6-11/h10-14H,2-9H2,1H3. The average Bonchev–Trinajstić information content (AvgIpc) is 3.16. The minimum atomic E-state index is -3.08. The zero-order valence-corrected chi connectivity index (χ0v) is 11.4. The Hall–Kier alpha value is -0.130. The molecule has 0 aromatic rings. The fourth-order valence-corrected chi connectivity index (χ4v) is 3.59. The Labute approximate surface area is 105 Å². The lowest BCUT2D eigenvalue weighted by molar-refractivity contribution is 0.470. The molecule has 2 N–H and O–H groups in total. The van der Waals surface area contributed by atoms with Crippen LogP contribution in [0.5, 0.6) is 0 Å². The van der Waals surface area contributed by atoms with E-state index in [2.05, 4.69) is 17.0 Å². The van der Waals surface area contributed by atoms with Crippen LogP contribution in [0.3, 0.4) is 0 Å². The van der Waals surface area contributed by atoms with Crippen LogP contribution in [0.25, 0.3) is 0 Å². The summed E-state index contributed by atoms with van der Waals surface area (Å²) in [6.07, 6.45) is 5.87. The van der Waals surface area contributed by atoms with Crippen molar-refractivity contribution in [2.75, 3.05) is 18.8 Å². The third-order valence-corrected chi connectivity index (χ3v) is 4.92. The molecule has 2 aliphatic rings. The first kappa shape index (κ1) is 13.3. The summed E-state index contributed by atoms with van der Waals surface area (Å²) >= 11 is 0. The predicted octanol–water partition coefficient (Wildman–Crippen LogP) is 1.09. The largest absolute Gasteiger partial charge is 0.316 e. The molecule has 4 nitrogen and oxygen atoms in total. The highest BCUT2D eigenvalue weighted by Gasteiger charge is 2.43. The van der Waals surface area contributed by atoms with Crippen molar-refractivity contribution in [1.82, 2.24) is 10.0 Å². The van der Waals surface area contributed by atoms with Gasteiger partial charge in [0.1, 0.15) is 0 Å². The van der Waals surface area contributed by atoms with Gasteiger partial charge in [0, 0.05) is 12.6 Å². The van der Waals surface area contributed by atoms with Crippen molar-refractivity contribution in [1.29, 1.82) is 0 Å². The van der Waals surface area contributed by atoms with Gasteiger partial charge in [0.25, 0.3) is 0 Å². The second kappa shape index (κ2) is 5.67. The molecule has 0 unspecified atom stereocenters. The summed E-state index contributed by atoms with van der Waals surface area (Å²) < 4.78 is 26.8. The summed E-state index contributed by atoms with van der Waals surface area (Å²) in [6, 6.07) is 0.242. The van der Waals surface area contributed by atoms with Crippen molar-refractivity contribution in [2.45, 2.75) is 45.1 Å². The van der Waals surface area contributed by atoms with Crippen molar-refractivity contribution in [3.8, 4) is 0 Å². The van der Waals surface area contributed by atoms with Gasteiger partial charge in [-0.25, -0.2) is 13.1 Å². The third kappa shape index (κ3) is 4.56. The quantitative estimate of drug-likeness (QED) is 0.610. The van der Waals surface area contributed by atoms with Crippen LogP contribution < -0.4 is 10.0 Å². The summed E-state index contributed by atoms with van der Waals surface area (Å²) in [7, 11) is -3.08. The Bertz CT molecular complexity index is 322. The maximum Gasteiger partial charge on any atom is 0.213 e. The first-order valence-corrected chi connectivity index (χ1v) is 8.48. The van der Waals surface area contributed by atoms with E-state index in [4.69, 9.17) is 0 Å². The van der Waals surface area contributed by atoms with Gasteiger partial charge in [-0.2, -0.15) is 0 Å². The highest BCUT2D eigenvalue weighted by atomic mass is 32.2. The number of hydrogen-bond donors (Lipinski definition) is 2. The predicted molar refractivity (Wildman–Crippen MR) is 69.3 cm³/mol. The van der Waals surface area contributed by atoms with Gasteiger partial charge >= 0.3 is 0 Å². The molecule has 2 saturated carbocycles. The summed E-state index contributed by atoms with van der Waals surface area (Å²) in [5.41, 5.74) is 0. The van der Waals surface area contributed by atoms with Gasteiger partial charge in [-0.3, -0.25) is 0 Å². The molecule has 2 aliphatic carbocycles. The molecule has 0 aromatic carbocycles. The zero-order chi connectivity index (χ0) is 12.3. The SMILES string of the molecule is CCCNCCS(=O)(=O)NC(C1CC1)C1CC1. The number of hydrogen-bond acceptors (Lipinski definition) is 3. The molecule has 0 amide bonds. The van der Waals surface area contributed by atoms with Crippen LogP contribution in [0.15, 0.2) is 0 Å². The second-order valence-electron chi connectivity index (χ2n) is 5.39. The van der Waals surface area contributed by atoms with E-state index in [1.807, 2.05) is 0 Å². The molecule has 0 radical (unpaired) electrons. The molecule has 2 rings (SSSR count). The van der Waals surface area contributed by atoms with E-state index in [9.17, 15) is 8.42 Å². The molecule has 0 bridgehead atoms. The van der Waals surface area contributed by atoms with Gasteiger partial charge in [-0.05, 0) is 50.5 Å². The number of rotatable bonds is 9. The van der Waals surface area contributed by atoms with E-state index in [1.165, 1.54) is 25.7 Å². The molecule has 100 valence electrons. The topological polar surface area (TPSA) is 58.2 Å². The van der Waals surface area contributed by atoms with Crippen LogP contribution in [-0.4, -0.2) is 33.3 Å². The molecule has 0 saturated heterocycles. The van der Waals surface area contributed by atoms with Crippen molar-refractivity contribution in [3.05, 3.63) is 0 Å². The smallest absolute Gasteiger partial charge is 0.213 e. The maximum atomic E-state index is 11.9. The second-order valence-corrected chi connectivity index (χ2v) is 7.26. The van der Waals surface area contributed by atoms with Gasteiger partial charge in [-0.1, -0.05) is 6.92 Å². The summed E-state index contributed by atoms with van der Waals surface area (Å²) in [5.74, 6) is 1.46. The first-order valence-electron chi connectivity index (χ1n) is 6.83. The Balaban J connectivity index is 1.74. The highest BCUT2D eigenvalue weighted by Crippen LogP contribution is 2.44. The zero-order valence-electron chi connectivity index (χ0n) is 10.6. The first-order chi connectivity index (χ1) is 8.12.